The van der Waals surface area contributed by atoms with E-state index in [1.807, 2.05) is 20.8 Å². The molecule has 0 heterocycles. The highest BCUT2D eigenvalue weighted by Crippen LogP contribution is 2.09. The van der Waals surface area contributed by atoms with E-state index >= 15 is 0 Å². The molecule has 10 heavy (non-hydrogen) atoms. The molecular formula is C9H14O. The first-order valence-electron chi connectivity index (χ1n) is 3.35. The van der Waals surface area contributed by atoms with E-state index in [9.17, 15) is 0 Å². The molecule has 0 amide bonds. The van der Waals surface area contributed by atoms with Gasteiger partial charge in [-0.05, 0) is 26.8 Å². The molecule has 1 N–H and O–H groups in total. The summed E-state index contributed by atoms with van der Waals surface area (Å²) in [5, 5.41) is 8.34. The van der Waals surface area contributed by atoms with E-state index in [0.29, 0.717) is 0 Å². The average molecular weight is 138 g/mol. The largest absolute Gasteiger partial charge is 0.392 e. The highest BCUT2D eigenvalue weighted by atomic mass is 16.2. The third kappa shape index (κ3) is 7.26. The minimum absolute atomic E-state index is 0.0554. The van der Waals surface area contributed by atoms with Gasteiger partial charge < -0.3 is 5.11 Å². The first-order valence-corrected chi connectivity index (χ1v) is 3.35. The maximum atomic E-state index is 8.34. The topological polar surface area (TPSA) is 20.2 Å². The number of aliphatic hydroxyl groups is 1. The highest BCUT2D eigenvalue weighted by Gasteiger charge is 2.01. The van der Waals surface area contributed by atoms with E-state index in [-0.39, 0.29) is 12.0 Å². The first kappa shape index (κ1) is 9.26. The fourth-order valence-corrected chi connectivity index (χ4v) is 0.370. The van der Waals surface area contributed by atoms with Gasteiger partial charge in [-0.25, -0.2) is 0 Å². The number of hydrogen-bond donors (Lipinski definition) is 1. The van der Waals surface area contributed by atoms with Gasteiger partial charge in [0.1, 0.15) is 0 Å². The number of allylic oxidation sites excluding steroid dienone is 1. The third-order valence-electron chi connectivity index (χ3n) is 0.754. The zero-order valence-electron chi connectivity index (χ0n) is 6.81. The van der Waals surface area contributed by atoms with Gasteiger partial charge in [0, 0.05) is 5.41 Å². The maximum absolute atomic E-state index is 8.34. The minimum Gasteiger partial charge on any atom is -0.392 e. The molecule has 0 aromatic heterocycles. The van der Waals surface area contributed by atoms with Gasteiger partial charge >= 0.3 is 0 Å². The van der Waals surface area contributed by atoms with Crippen molar-refractivity contribution in [3.8, 4) is 11.8 Å². The van der Waals surface area contributed by atoms with Gasteiger partial charge in [-0.15, -0.1) is 0 Å². The Hall–Kier alpha value is -0.740. The standard InChI is InChI=1S/C9H14O/c1-9(2,3)7-5-4-6-8-10/h4,6,10H,8H2,1-3H3. The Labute approximate surface area is 62.8 Å². The highest BCUT2D eigenvalue weighted by molar-refractivity contribution is 5.18. The summed E-state index contributed by atoms with van der Waals surface area (Å²) in [5.74, 6) is 5.84. The molecule has 0 saturated heterocycles. The molecule has 0 aliphatic heterocycles. The van der Waals surface area contributed by atoms with Crippen LogP contribution in [0.5, 0.6) is 0 Å². The van der Waals surface area contributed by atoms with E-state index in [1.165, 1.54) is 0 Å². The molecule has 0 atom stereocenters. The first-order chi connectivity index (χ1) is 4.56. The summed E-state index contributed by atoms with van der Waals surface area (Å²) in [4.78, 5) is 0. The molecule has 0 spiro atoms. The minimum atomic E-state index is 0.0554. The van der Waals surface area contributed by atoms with Gasteiger partial charge in [0.05, 0.1) is 6.61 Å². The van der Waals surface area contributed by atoms with Crippen molar-refractivity contribution >= 4 is 0 Å². The summed E-state index contributed by atoms with van der Waals surface area (Å²) in [6.45, 7) is 6.21. The van der Waals surface area contributed by atoms with E-state index in [2.05, 4.69) is 11.8 Å². The molecule has 0 aliphatic carbocycles. The predicted molar refractivity (Wildman–Crippen MR) is 43.5 cm³/mol. The fourth-order valence-electron chi connectivity index (χ4n) is 0.370. The number of rotatable bonds is 1. The second kappa shape index (κ2) is 4.14. The Morgan fingerprint density at radius 1 is 1.40 bits per heavy atom. The molecule has 0 fully saturated rings. The van der Waals surface area contributed by atoms with Crippen molar-refractivity contribution in [2.75, 3.05) is 6.61 Å². The van der Waals surface area contributed by atoms with Crippen LogP contribution >= 0.6 is 0 Å². The lowest BCUT2D eigenvalue weighted by Crippen LogP contribution is -1.98. The fraction of sp³-hybridized carbons (Fsp3) is 0.556. The molecule has 56 valence electrons. The molecule has 0 unspecified atom stereocenters. The van der Waals surface area contributed by atoms with Crippen LogP contribution in [0.2, 0.25) is 0 Å². The Bertz CT molecular complexity index is 161. The van der Waals surface area contributed by atoms with Crippen LogP contribution in [0.1, 0.15) is 20.8 Å². The molecular weight excluding hydrogens is 124 g/mol. The number of aliphatic hydroxyl groups excluding tert-OH is 1. The monoisotopic (exact) mass is 138 g/mol. The Balaban J connectivity index is 3.81. The summed E-state index contributed by atoms with van der Waals surface area (Å²) in [6.07, 6.45) is 3.30. The quantitative estimate of drug-likeness (QED) is 0.545. The van der Waals surface area contributed by atoms with Crippen molar-refractivity contribution in [2.45, 2.75) is 20.8 Å². The normalized spacial score (nSPS) is 11.2. The van der Waals surface area contributed by atoms with Crippen LogP contribution in [0.25, 0.3) is 0 Å². The molecule has 0 saturated carbocycles. The Morgan fingerprint density at radius 3 is 2.40 bits per heavy atom. The van der Waals surface area contributed by atoms with Gasteiger partial charge in [0.25, 0.3) is 0 Å². The van der Waals surface area contributed by atoms with E-state index in [0.717, 1.165) is 0 Å². The Morgan fingerprint density at radius 2 is 2.00 bits per heavy atom. The van der Waals surface area contributed by atoms with Crippen molar-refractivity contribution in [3.63, 3.8) is 0 Å². The van der Waals surface area contributed by atoms with Crippen LogP contribution < -0.4 is 0 Å². The van der Waals surface area contributed by atoms with E-state index in [4.69, 9.17) is 5.11 Å². The maximum Gasteiger partial charge on any atom is 0.0621 e. The van der Waals surface area contributed by atoms with Gasteiger partial charge in [-0.3, -0.25) is 0 Å². The lowest BCUT2D eigenvalue weighted by molar-refractivity contribution is 0.343. The van der Waals surface area contributed by atoms with Crippen molar-refractivity contribution in [1.82, 2.24) is 0 Å². The van der Waals surface area contributed by atoms with Gasteiger partial charge in [-0.1, -0.05) is 17.9 Å². The van der Waals surface area contributed by atoms with Crippen molar-refractivity contribution < 1.29 is 5.11 Å². The summed E-state index contributed by atoms with van der Waals surface area (Å²) in [5.41, 5.74) is 0.0554. The summed E-state index contributed by atoms with van der Waals surface area (Å²) in [6, 6.07) is 0. The molecule has 0 bridgehead atoms. The summed E-state index contributed by atoms with van der Waals surface area (Å²) in [7, 11) is 0. The van der Waals surface area contributed by atoms with Crippen LogP contribution in [0.3, 0.4) is 0 Å². The predicted octanol–water partition coefficient (Wildman–Crippen LogP) is 1.58. The van der Waals surface area contributed by atoms with Crippen molar-refractivity contribution in [1.29, 1.82) is 0 Å². The van der Waals surface area contributed by atoms with Crippen LogP contribution in [0.4, 0.5) is 0 Å². The lowest BCUT2D eigenvalue weighted by atomic mass is 9.98. The van der Waals surface area contributed by atoms with Crippen molar-refractivity contribution in [2.24, 2.45) is 5.41 Å². The molecule has 0 aromatic carbocycles. The number of hydrogen-bond acceptors (Lipinski definition) is 1. The second-order valence-corrected chi connectivity index (χ2v) is 3.10. The second-order valence-electron chi connectivity index (χ2n) is 3.10. The van der Waals surface area contributed by atoms with Gasteiger partial charge in [0.2, 0.25) is 0 Å². The molecule has 1 nitrogen and oxygen atoms in total. The summed E-state index contributed by atoms with van der Waals surface area (Å²) < 4.78 is 0. The van der Waals surface area contributed by atoms with Gasteiger partial charge in [0.15, 0.2) is 0 Å². The Kier molecular flexibility index (Phi) is 3.83. The van der Waals surface area contributed by atoms with Crippen molar-refractivity contribution in [3.05, 3.63) is 12.2 Å². The zero-order valence-corrected chi connectivity index (χ0v) is 6.81. The van der Waals surface area contributed by atoms with E-state index in [1.54, 1.807) is 12.2 Å². The van der Waals surface area contributed by atoms with Crippen LogP contribution in [-0.4, -0.2) is 11.7 Å². The average Bonchev–Trinajstić information content (AvgIpc) is 1.78. The zero-order chi connectivity index (χ0) is 8.04. The van der Waals surface area contributed by atoms with E-state index < -0.39 is 0 Å². The van der Waals surface area contributed by atoms with Crippen LogP contribution in [0.15, 0.2) is 12.2 Å². The summed E-state index contributed by atoms with van der Waals surface area (Å²) >= 11 is 0. The molecule has 0 aliphatic rings. The third-order valence-corrected chi connectivity index (χ3v) is 0.754. The molecule has 1 heteroatoms. The molecule has 0 radical (unpaired) electrons. The lowest BCUT2D eigenvalue weighted by Gasteiger charge is -2.05. The van der Waals surface area contributed by atoms with Crippen LogP contribution in [0, 0.1) is 17.3 Å². The van der Waals surface area contributed by atoms with Gasteiger partial charge in [-0.2, -0.15) is 0 Å². The smallest absolute Gasteiger partial charge is 0.0621 e. The van der Waals surface area contributed by atoms with Crippen LogP contribution in [-0.2, 0) is 0 Å². The molecule has 0 aromatic rings. The molecule has 0 rings (SSSR count). The SMILES string of the molecule is CC(C)(C)C#CC=CCO.